The van der Waals surface area contributed by atoms with E-state index >= 15 is 0 Å². The molecule has 0 aliphatic rings. The third kappa shape index (κ3) is 17.7. The third-order valence-electron chi connectivity index (χ3n) is 0.399. The SMILES string of the molecule is C.O=C=O.[13CH3]C(=O)C(F)(F)F. The summed E-state index contributed by atoms with van der Waals surface area (Å²) < 4.78 is 32.5. The lowest BCUT2D eigenvalue weighted by molar-refractivity contribution is -0.191. The number of carbonyl (C=O) groups excluding carboxylic acids is 3. The first-order valence-corrected chi connectivity index (χ1v) is 1.93. The lowest BCUT2D eigenvalue weighted by atomic mass is 10.6. The Morgan fingerprint density at radius 2 is 1.36 bits per heavy atom. The molecule has 0 heterocycles. The van der Waals surface area contributed by atoms with Gasteiger partial charge in [-0.15, -0.1) is 0 Å². The summed E-state index contributed by atoms with van der Waals surface area (Å²) in [5, 5.41) is 0. The van der Waals surface area contributed by atoms with Gasteiger partial charge in [0.05, 0.1) is 0 Å². The number of carbonyl (C=O) groups is 1. The van der Waals surface area contributed by atoms with Gasteiger partial charge in [-0.1, -0.05) is 7.43 Å². The van der Waals surface area contributed by atoms with Gasteiger partial charge in [0, 0.05) is 6.92 Å². The van der Waals surface area contributed by atoms with Crippen molar-refractivity contribution in [2.45, 2.75) is 20.5 Å². The summed E-state index contributed by atoms with van der Waals surface area (Å²) in [7, 11) is 0. The summed E-state index contributed by atoms with van der Waals surface area (Å²) in [6, 6.07) is 0. The van der Waals surface area contributed by atoms with Crippen LogP contribution >= 0.6 is 0 Å². The van der Waals surface area contributed by atoms with E-state index in [-0.39, 0.29) is 13.6 Å². The summed E-state index contributed by atoms with van der Waals surface area (Å²) in [6.45, 7) is 0.486. The van der Waals surface area contributed by atoms with Gasteiger partial charge in [0.1, 0.15) is 0 Å². The summed E-state index contributed by atoms with van der Waals surface area (Å²) >= 11 is 0. The fourth-order valence-electron chi connectivity index (χ4n) is 0. The number of alkyl halides is 3. The van der Waals surface area contributed by atoms with E-state index in [1.54, 1.807) is 0 Å². The van der Waals surface area contributed by atoms with Crippen LogP contribution in [0.25, 0.3) is 0 Å². The Bertz CT molecular complexity index is 144. The van der Waals surface area contributed by atoms with E-state index in [1.807, 2.05) is 0 Å². The minimum Gasteiger partial charge on any atom is -0.290 e. The van der Waals surface area contributed by atoms with E-state index in [0.29, 0.717) is 6.92 Å². The van der Waals surface area contributed by atoms with Crippen molar-refractivity contribution in [2.24, 2.45) is 0 Å². The molecule has 0 spiro atoms. The maximum atomic E-state index is 10.8. The zero-order valence-corrected chi connectivity index (χ0v) is 4.86. The molecule has 0 rings (SSSR count). The second-order valence-corrected chi connectivity index (χ2v) is 1.14. The van der Waals surface area contributed by atoms with Crippen LogP contribution in [0.3, 0.4) is 0 Å². The van der Waals surface area contributed by atoms with Crippen LogP contribution in [-0.2, 0) is 14.4 Å². The molecule has 6 heteroatoms. The quantitative estimate of drug-likeness (QED) is 0.517. The highest BCUT2D eigenvalue weighted by atomic mass is 19.4. The number of rotatable bonds is 0. The molecular weight excluding hydrogens is 166 g/mol. The number of Topliss-reactive ketones (excluding diaryl/α,β-unsaturated/α-hetero) is 1. The molecule has 0 aliphatic carbocycles. The predicted octanol–water partition coefficient (Wildman–Crippen LogP) is 1.19. The van der Waals surface area contributed by atoms with Crippen molar-refractivity contribution in [1.29, 1.82) is 0 Å². The smallest absolute Gasteiger partial charge is 0.290 e. The molecule has 0 atom stereocenters. The maximum absolute atomic E-state index is 10.8. The molecule has 0 fully saturated rings. The van der Waals surface area contributed by atoms with Crippen LogP contribution in [0.1, 0.15) is 14.4 Å². The lowest BCUT2D eigenvalue weighted by Crippen LogP contribution is -2.18. The van der Waals surface area contributed by atoms with Crippen molar-refractivity contribution in [3.05, 3.63) is 0 Å². The van der Waals surface area contributed by atoms with Crippen LogP contribution in [-0.4, -0.2) is 18.1 Å². The van der Waals surface area contributed by atoms with E-state index in [2.05, 4.69) is 0 Å². The average molecular weight is 173 g/mol. The first kappa shape index (κ1) is 16.4. The predicted molar refractivity (Wildman–Crippen MR) is 28.5 cm³/mol. The number of hydrogen-bond acceptors (Lipinski definition) is 3. The van der Waals surface area contributed by atoms with Gasteiger partial charge in [-0.3, -0.25) is 4.79 Å². The highest BCUT2D eigenvalue weighted by Gasteiger charge is 2.33. The molecule has 66 valence electrons. The van der Waals surface area contributed by atoms with E-state index in [0.717, 1.165) is 0 Å². The van der Waals surface area contributed by atoms with Crippen molar-refractivity contribution < 1.29 is 27.6 Å². The molecule has 0 aromatic carbocycles. The molecule has 0 aromatic rings. The first-order valence-electron chi connectivity index (χ1n) is 1.93. The Balaban J connectivity index is -0.000000140. The van der Waals surface area contributed by atoms with Gasteiger partial charge in [-0.2, -0.15) is 22.8 Å². The fourth-order valence-corrected chi connectivity index (χ4v) is 0. The van der Waals surface area contributed by atoms with Crippen molar-refractivity contribution in [3.63, 3.8) is 0 Å². The topological polar surface area (TPSA) is 51.2 Å². The molecule has 0 saturated carbocycles. The molecular formula is C5H7F3O3. The van der Waals surface area contributed by atoms with Gasteiger partial charge in [0.15, 0.2) is 0 Å². The average Bonchev–Trinajstić information content (AvgIpc) is 1.64. The standard InChI is InChI=1S/C3H3F3O.CO2.CH4/c1-2(7)3(4,5)6;2-1-3;/h1H3;;1H4/i1+1;;. The van der Waals surface area contributed by atoms with Crippen LogP contribution in [0.4, 0.5) is 13.2 Å². The number of ketones is 1. The van der Waals surface area contributed by atoms with Crippen LogP contribution < -0.4 is 0 Å². The molecule has 0 aliphatic heterocycles. The Labute approximate surface area is 61.2 Å². The molecule has 0 N–H and O–H groups in total. The van der Waals surface area contributed by atoms with Crippen LogP contribution in [0.15, 0.2) is 0 Å². The minimum absolute atomic E-state index is 0. The van der Waals surface area contributed by atoms with Gasteiger partial charge >= 0.3 is 12.3 Å². The summed E-state index contributed by atoms with van der Waals surface area (Å²) in [5.74, 6) is -1.76. The Morgan fingerprint density at radius 1 is 1.27 bits per heavy atom. The Morgan fingerprint density at radius 3 is 1.36 bits per heavy atom. The second kappa shape index (κ2) is 6.95. The fraction of sp³-hybridized carbons (Fsp3) is 0.600. The van der Waals surface area contributed by atoms with E-state index in [1.165, 1.54) is 0 Å². The Kier molecular flexibility index (Phi) is 10.4. The van der Waals surface area contributed by atoms with Gasteiger partial charge in [-0.25, -0.2) is 0 Å². The van der Waals surface area contributed by atoms with Crippen LogP contribution in [0, 0.1) is 0 Å². The molecule has 3 nitrogen and oxygen atoms in total. The largest absolute Gasteiger partial charge is 0.449 e. The van der Waals surface area contributed by atoms with Crippen molar-refractivity contribution >= 4 is 11.9 Å². The van der Waals surface area contributed by atoms with Crippen molar-refractivity contribution in [1.82, 2.24) is 0 Å². The normalized spacial score (nSPS) is 8.00. The second-order valence-electron chi connectivity index (χ2n) is 1.14. The monoisotopic (exact) mass is 173 g/mol. The summed E-state index contributed by atoms with van der Waals surface area (Å²) in [5.41, 5.74) is 0. The van der Waals surface area contributed by atoms with Gasteiger partial charge < -0.3 is 0 Å². The zero-order valence-electron chi connectivity index (χ0n) is 4.86. The Hall–Kier alpha value is -1.16. The molecule has 0 bridgehead atoms. The summed E-state index contributed by atoms with van der Waals surface area (Å²) in [4.78, 5) is 25.6. The molecule has 0 aromatic heterocycles. The van der Waals surface area contributed by atoms with Gasteiger partial charge in [0.2, 0.25) is 5.78 Å². The maximum Gasteiger partial charge on any atom is 0.449 e. The lowest BCUT2D eigenvalue weighted by Gasteiger charge is -1.95. The highest BCUT2D eigenvalue weighted by Crippen LogP contribution is 2.14. The first-order chi connectivity index (χ1) is 4.36. The molecule has 0 unspecified atom stereocenters. The van der Waals surface area contributed by atoms with E-state index in [4.69, 9.17) is 9.59 Å². The van der Waals surface area contributed by atoms with Crippen LogP contribution in [0.5, 0.6) is 0 Å². The van der Waals surface area contributed by atoms with Crippen LogP contribution in [0.2, 0.25) is 0 Å². The number of halogens is 3. The van der Waals surface area contributed by atoms with E-state index < -0.39 is 12.0 Å². The zero-order chi connectivity index (χ0) is 8.78. The summed E-state index contributed by atoms with van der Waals surface area (Å²) in [6.07, 6.45) is -4.39. The van der Waals surface area contributed by atoms with Crippen molar-refractivity contribution in [2.75, 3.05) is 0 Å². The molecule has 0 radical (unpaired) electrons. The van der Waals surface area contributed by atoms with E-state index in [9.17, 15) is 18.0 Å². The molecule has 0 saturated heterocycles. The molecule has 0 amide bonds. The minimum atomic E-state index is -4.64. The highest BCUT2D eigenvalue weighted by molar-refractivity contribution is 5.81. The third-order valence-corrected chi connectivity index (χ3v) is 0.399. The van der Waals surface area contributed by atoms with Crippen molar-refractivity contribution in [3.8, 4) is 0 Å². The van der Waals surface area contributed by atoms with Gasteiger partial charge in [0.25, 0.3) is 0 Å². The molecule has 11 heavy (non-hydrogen) atoms. The number of hydrogen-bond donors (Lipinski definition) is 0. The van der Waals surface area contributed by atoms with Gasteiger partial charge in [-0.05, 0) is 0 Å².